The van der Waals surface area contributed by atoms with E-state index in [9.17, 15) is 0 Å². The molecule has 0 spiro atoms. The third-order valence-corrected chi connectivity index (χ3v) is 18.3. The van der Waals surface area contributed by atoms with E-state index in [4.69, 9.17) is 0 Å². The Labute approximate surface area is 457 Å². The zero-order valence-corrected chi connectivity index (χ0v) is 44.4. The van der Waals surface area contributed by atoms with Gasteiger partial charge in [0, 0.05) is 57.8 Å². The summed E-state index contributed by atoms with van der Waals surface area (Å²) in [5, 5.41) is 4.91. The van der Waals surface area contributed by atoms with Crippen LogP contribution in [-0.2, 0) is 23.7 Å². The molecular weight excluding hydrogens is 941 g/mol. The number of anilines is 6. The van der Waals surface area contributed by atoms with Crippen LogP contribution in [-0.4, -0.2) is 0 Å². The highest BCUT2D eigenvalue weighted by Crippen LogP contribution is 2.55. The van der Waals surface area contributed by atoms with Gasteiger partial charge >= 0.3 is 0 Å². The second-order valence-electron chi connectivity index (χ2n) is 23.2. The molecule has 78 heavy (non-hydrogen) atoms. The molecule has 2 nitrogen and oxygen atoms in total. The second-order valence-corrected chi connectivity index (χ2v) is 23.2. The Morgan fingerprint density at radius 1 is 0.269 bits per heavy atom. The summed E-state index contributed by atoms with van der Waals surface area (Å²) in [5.41, 5.74) is 30.6. The van der Waals surface area contributed by atoms with Crippen LogP contribution in [0, 0.1) is 0 Å². The van der Waals surface area contributed by atoms with Crippen molar-refractivity contribution in [2.24, 2.45) is 0 Å². The van der Waals surface area contributed by atoms with Gasteiger partial charge in [-0.1, -0.05) is 210 Å². The zero-order chi connectivity index (χ0) is 52.0. The molecule has 0 amide bonds. The van der Waals surface area contributed by atoms with Crippen LogP contribution >= 0.6 is 0 Å². The molecule has 0 unspecified atom stereocenters. The van der Waals surface area contributed by atoms with Crippen molar-refractivity contribution >= 4 is 55.7 Å². The Balaban J connectivity index is 0.968. The summed E-state index contributed by atoms with van der Waals surface area (Å²) in [6.45, 7) is 9.52. The second kappa shape index (κ2) is 16.6. The third kappa shape index (κ3) is 6.50. The summed E-state index contributed by atoms with van der Waals surface area (Å²) >= 11 is 0. The lowest BCUT2D eigenvalue weighted by molar-refractivity contribution is 0.660. The van der Waals surface area contributed by atoms with Crippen molar-refractivity contribution in [2.45, 2.75) is 51.4 Å². The maximum Gasteiger partial charge on any atom is 0.0497 e. The minimum Gasteiger partial charge on any atom is -0.310 e. The molecule has 0 saturated heterocycles. The first-order valence-electron chi connectivity index (χ1n) is 27.7. The lowest BCUT2D eigenvalue weighted by Crippen LogP contribution is -2.18. The van der Waals surface area contributed by atoms with E-state index in [0.717, 1.165) is 24.2 Å². The molecular formula is C76H56N2. The van der Waals surface area contributed by atoms with Crippen LogP contribution in [0.3, 0.4) is 0 Å². The zero-order valence-electron chi connectivity index (χ0n) is 44.4. The SMILES string of the molecule is CC1(C)c2ccccc2-c2cc(-c3ccc(-c4c5ccc(N6c7ccccc7Cc7ccccc76)cc5c(-c5ccc6c(c5)C(C)(C)c5ccccc5-6)c5ccc(N6c7ccccc7Cc7ccccc76)cc45)cc3)ccc21. The predicted octanol–water partition coefficient (Wildman–Crippen LogP) is 20.4. The van der Waals surface area contributed by atoms with Gasteiger partial charge in [-0.15, -0.1) is 0 Å². The fraction of sp³-hybridized carbons (Fsp3) is 0.105. The number of nitrogens with zero attached hydrogens (tertiary/aromatic N) is 2. The molecule has 16 rings (SSSR count). The minimum atomic E-state index is -0.164. The third-order valence-electron chi connectivity index (χ3n) is 18.3. The smallest absolute Gasteiger partial charge is 0.0497 e. The van der Waals surface area contributed by atoms with Crippen LogP contribution < -0.4 is 9.80 Å². The summed E-state index contributed by atoms with van der Waals surface area (Å²) in [5.74, 6) is 0. The lowest BCUT2D eigenvalue weighted by atomic mass is 9.80. The summed E-state index contributed by atoms with van der Waals surface area (Å²) < 4.78 is 0. The van der Waals surface area contributed by atoms with Crippen LogP contribution in [0.25, 0.3) is 77.2 Å². The fourth-order valence-electron chi connectivity index (χ4n) is 14.4. The molecule has 2 heteroatoms. The van der Waals surface area contributed by atoms with Crippen molar-refractivity contribution in [3.05, 3.63) is 287 Å². The van der Waals surface area contributed by atoms with Gasteiger partial charge in [0.25, 0.3) is 0 Å². The Morgan fingerprint density at radius 2 is 0.654 bits per heavy atom. The molecule has 2 aliphatic carbocycles. The van der Waals surface area contributed by atoms with E-state index in [1.807, 2.05) is 0 Å². The van der Waals surface area contributed by atoms with Crippen molar-refractivity contribution in [2.75, 3.05) is 9.80 Å². The monoisotopic (exact) mass is 996 g/mol. The van der Waals surface area contributed by atoms with Gasteiger partial charge in [0.2, 0.25) is 0 Å². The first kappa shape index (κ1) is 45.0. The van der Waals surface area contributed by atoms with Crippen molar-refractivity contribution in [1.82, 2.24) is 0 Å². The van der Waals surface area contributed by atoms with Gasteiger partial charge in [0.1, 0.15) is 0 Å². The van der Waals surface area contributed by atoms with Gasteiger partial charge in [-0.25, -0.2) is 0 Å². The summed E-state index contributed by atoms with van der Waals surface area (Å²) in [7, 11) is 0. The van der Waals surface area contributed by atoms with Gasteiger partial charge in [-0.3, -0.25) is 0 Å². The molecule has 12 aromatic carbocycles. The van der Waals surface area contributed by atoms with E-state index in [1.165, 1.54) is 144 Å². The van der Waals surface area contributed by atoms with Crippen molar-refractivity contribution in [3.8, 4) is 55.6 Å². The normalized spacial score (nSPS) is 14.7. The van der Waals surface area contributed by atoms with E-state index in [-0.39, 0.29) is 10.8 Å². The fourth-order valence-corrected chi connectivity index (χ4v) is 14.4. The Hall–Kier alpha value is -9.24. The molecule has 0 atom stereocenters. The number of benzene rings is 12. The highest BCUT2D eigenvalue weighted by Gasteiger charge is 2.37. The number of hydrogen-bond acceptors (Lipinski definition) is 2. The van der Waals surface area contributed by atoms with Crippen LogP contribution in [0.4, 0.5) is 34.1 Å². The van der Waals surface area contributed by atoms with Gasteiger partial charge in [0.15, 0.2) is 0 Å². The predicted molar refractivity (Wildman–Crippen MR) is 328 cm³/mol. The first-order chi connectivity index (χ1) is 38.2. The molecule has 2 aliphatic heterocycles. The maximum absolute atomic E-state index is 2.53. The molecule has 12 aromatic rings. The average molecular weight is 997 g/mol. The number of rotatable bonds is 5. The Bertz CT molecular complexity index is 4420. The highest BCUT2D eigenvalue weighted by molar-refractivity contribution is 6.23. The van der Waals surface area contributed by atoms with Crippen LogP contribution in [0.5, 0.6) is 0 Å². The van der Waals surface area contributed by atoms with E-state index in [0.29, 0.717) is 0 Å². The molecule has 0 fully saturated rings. The van der Waals surface area contributed by atoms with E-state index >= 15 is 0 Å². The molecule has 4 aliphatic rings. The van der Waals surface area contributed by atoms with Gasteiger partial charge in [-0.05, 0) is 182 Å². The Morgan fingerprint density at radius 3 is 1.18 bits per heavy atom. The largest absolute Gasteiger partial charge is 0.310 e. The molecule has 0 radical (unpaired) electrons. The number of fused-ring (bicyclic) bond motifs is 12. The van der Waals surface area contributed by atoms with Crippen LogP contribution in [0.15, 0.2) is 243 Å². The van der Waals surface area contributed by atoms with Gasteiger partial charge < -0.3 is 9.80 Å². The topological polar surface area (TPSA) is 6.48 Å². The number of hydrogen-bond donors (Lipinski definition) is 0. The van der Waals surface area contributed by atoms with Crippen molar-refractivity contribution < 1.29 is 0 Å². The molecule has 0 N–H and O–H groups in total. The van der Waals surface area contributed by atoms with E-state index in [1.54, 1.807) is 0 Å². The minimum absolute atomic E-state index is 0.0402. The van der Waals surface area contributed by atoms with Gasteiger partial charge in [0.05, 0.1) is 0 Å². The van der Waals surface area contributed by atoms with Crippen LogP contribution in [0.2, 0.25) is 0 Å². The maximum atomic E-state index is 2.53. The van der Waals surface area contributed by atoms with E-state index in [2.05, 4.69) is 280 Å². The highest BCUT2D eigenvalue weighted by atomic mass is 15.2. The lowest BCUT2D eigenvalue weighted by Gasteiger charge is -2.34. The van der Waals surface area contributed by atoms with Crippen LogP contribution in [0.1, 0.15) is 72.2 Å². The first-order valence-corrected chi connectivity index (χ1v) is 27.7. The molecule has 0 aromatic heterocycles. The van der Waals surface area contributed by atoms with Crippen molar-refractivity contribution in [3.63, 3.8) is 0 Å². The van der Waals surface area contributed by atoms with Gasteiger partial charge in [-0.2, -0.15) is 0 Å². The van der Waals surface area contributed by atoms with E-state index < -0.39 is 0 Å². The molecule has 2 heterocycles. The average Bonchev–Trinajstić information content (AvgIpc) is 3.97. The molecule has 370 valence electrons. The standard InChI is InChI=1S/C76H56N2/c1-75(2)66-24-12-10-22-58(66)62-43-49(34-40-67(62)75)47-29-31-48(32-30-47)73-60-38-35-56(78-71-27-15-7-19-52(71)42-53-20-8-16-28-72(53)78)46-64(60)74(54-33-37-59-57-21-9-11-23-65(57)76(3,4)68(59)44-54)61-39-36-55(45-63(61)73)77-69-25-13-5-17-50(69)41-51-18-6-14-26-70(51)77/h5-40,43-46H,41-42H2,1-4H3. The molecule has 0 saturated carbocycles. The Kier molecular flexibility index (Phi) is 9.59. The summed E-state index contributed by atoms with van der Waals surface area (Å²) in [6, 6.07) is 92.3. The molecule has 0 bridgehead atoms. The number of para-hydroxylation sites is 4. The summed E-state index contributed by atoms with van der Waals surface area (Å²) in [4.78, 5) is 5.00. The van der Waals surface area contributed by atoms with Crippen molar-refractivity contribution in [1.29, 1.82) is 0 Å². The quantitative estimate of drug-likeness (QED) is 0.159. The summed E-state index contributed by atoms with van der Waals surface area (Å²) in [6.07, 6.45) is 1.81.